The lowest BCUT2D eigenvalue weighted by Crippen LogP contribution is -2.15. The number of Topliss-reactive ketones (excluding diaryl/α,β-unsaturated/α-hetero) is 1. The van der Waals surface area contributed by atoms with Gasteiger partial charge in [-0.25, -0.2) is 0 Å². The molecule has 0 spiro atoms. The first-order valence-electron chi connectivity index (χ1n) is 18.9. The Morgan fingerprint density at radius 1 is 0.483 bits per heavy atom. The van der Waals surface area contributed by atoms with Gasteiger partial charge in [0.2, 0.25) is 0 Å². The summed E-state index contributed by atoms with van der Waals surface area (Å²) in [6, 6.07) is 20.5. The Balaban J connectivity index is 0.000000775. The highest BCUT2D eigenvalue weighted by molar-refractivity contribution is 5.97. The van der Waals surface area contributed by atoms with E-state index in [0.29, 0.717) is 11.1 Å². The molecule has 0 heterocycles. The minimum Gasteiger partial charge on any atom is -0.496 e. The monoisotopic (exact) mass is 832 g/mol. The summed E-state index contributed by atoms with van der Waals surface area (Å²) in [5, 5.41) is 43.4. The number of ether oxygens (including phenoxy) is 1. The van der Waals surface area contributed by atoms with Crippen molar-refractivity contribution in [3.63, 3.8) is 0 Å². The highest BCUT2D eigenvalue weighted by Gasteiger charge is 2.29. The lowest BCUT2D eigenvalue weighted by molar-refractivity contribution is -0.386. The van der Waals surface area contributed by atoms with Crippen molar-refractivity contribution in [1.29, 1.82) is 0 Å². The van der Waals surface area contributed by atoms with E-state index in [2.05, 4.69) is 0 Å². The van der Waals surface area contributed by atoms with Gasteiger partial charge in [0.05, 0.1) is 38.4 Å². The molecule has 4 rings (SSSR count). The van der Waals surface area contributed by atoms with E-state index in [-0.39, 0.29) is 72.7 Å². The van der Waals surface area contributed by atoms with E-state index >= 15 is 0 Å². The van der Waals surface area contributed by atoms with Crippen molar-refractivity contribution in [2.45, 2.75) is 133 Å². The van der Waals surface area contributed by atoms with E-state index in [9.17, 15) is 45.3 Å². The SMILES string of the molecule is C.CC(C)(C)c1ccccc1[N+](=O)[O-].COc1cc([N+](=O)[O-])c(C(C)(C)C)cc1C(C)=O.Cc1ccc(C(C)(C)C)c([N+](=O)[O-])c1.Cc1ccc(C(C)(C)C)c([N+](=O)[O-])c1. The van der Waals surface area contributed by atoms with Crippen LogP contribution in [0.2, 0.25) is 0 Å². The normalized spacial score (nSPS) is 11.1. The molecule has 0 aliphatic heterocycles. The number of para-hydroxylation sites is 1. The number of aryl methyl sites for hydroxylation is 2. The van der Waals surface area contributed by atoms with E-state index in [1.54, 1.807) is 36.4 Å². The molecule has 60 heavy (non-hydrogen) atoms. The first-order chi connectivity index (χ1) is 26.7. The summed E-state index contributed by atoms with van der Waals surface area (Å²) in [5.41, 5.74) is 4.74. The summed E-state index contributed by atoms with van der Waals surface area (Å²) >= 11 is 0. The Bertz CT molecular complexity index is 2090. The first-order valence-corrected chi connectivity index (χ1v) is 18.9. The number of benzene rings is 4. The quantitative estimate of drug-likeness (QED) is 0.102. The van der Waals surface area contributed by atoms with Gasteiger partial charge in [-0.05, 0) is 59.6 Å². The fourth-order valence-corrected chi connectivity index (χ4v) is 5.89. The third-order valence-electron chi connectivity index (χ3n) is 8.93. The predicted molar refractivity (Wildman–Crippen MR) is 240 cm³/mol. The van der Waals surface area contributed by atoms with Gasteiger partial charge in [0.1, 0.15) is 5.75 Å². The van der Waals surface area contributed by atoms with Crippen molar-refractivity contribution in [2.75, 3.05) is 7.11 Å². The highest BCUT2D eigenvalue weighted by Crippen LogP contribution is 2.37. The Morgan fingerprint density at radius 2 is 0.800 bits per heavy atom. The van der Waals surface area contributed by atoms with Gasteiger partial charge in [-0.1, -0.05) is 133 Å². The summed E-state index contributed by atoms with van der Waals surface area (Å²) in [6.07, 6.45) is 0. The maximum Gasteiger partial charge on any atom is 0.276 e. The average Bonchev–Trinajstić information content (AvgIpc) is 3.09. The molecular formula is C46H64N4O10. The maximum atomic E-state index is 11.5. The van der Waals surface area contributed by atoms with Crippen LogP contribution in [0.3, 0.4) is 0 Å². The van der Waals surface area contributed by atoms with Crippen molar-refractivity contribution in [1.82, 2.24) is 0 Å². The molecule has 0 atom stereocenters. The van der Waals surface area contributed by atoms with Crippen LogP contribution in [0.15, 0.2) is 72.8 Å². The fourth-order valence-electron chi connectivity index (χ4n) is 5.89. The van der Waals surface area contributed by atoms with Gasteiger partial charge in [-0.2, -0.15) is 0 Å². The zero-order valence-electron chi connectivity index (χ0n) is 37.3. The second-order valence-corrected chi connectivity index (χ2v) is 18.2. The number of rotatable bonds is 6. The van der Waals surface area contributed by atoms with Crippen LogP contribution in [0.5, 0.6) is 5.75 Å². The fraction of sp³-hybridized carbons (Fsp3) is 0.457. The number of nitrogens with zero attached hydrogens (tertiary/aromatic N) is 4. The topological polar surface area (TPSA) is 199 Å². The predicted octanol–water partition coefficient (Wildman–Crippen LogP) is 13.0. The maximum absolute atomic E-state index is 11.5. The molecule has 0 bridgehead atoms. The molecule has 0 fully saturated rings. The van der Waals surface area contributed by atoms with Gasteiger partial charge < -0.3 is 4.74 Å². The minimum absolute atomic E-state index is 0. The molecule has 4 aromatic rings. The molecule has 0 unspecified atom stereocenters. The molecule has 4 aromatic carbocycles. The molecule has 0 amide bonds. The third-order valence-corrected chi connectivity index (χ3v) is 8.93. The molecule has 0 aromatic heterocycles. The molecule has 0 N–H and O–H groups in total. The molecule has 0 saturated heterocycles. The van der Waals surface area contributed by atoms with Crippen molar-refractivity contribution >= 4 is 28.5 Å². The third kappa shape index (κ3) is 15.6. The van der Waals surface area contributed by atoms with E-state index < -0.39 is 10.3 Å². The molecule has 0 radical (unpaired) electrons. The van der Waals surface area contributed by atoms with Gasteiger partial charge in [0, 0.05) is 40.5 Å². The van der Waals surface area contributed by atoms with Crippen LogP contribution in [0.1, 0.15) is 141 Å². The van der Waals surface area contributed by atoms with E-state index in [0.717, 1.165) is 27.8 Å². The number of nitro groups is 4. The van der Waals surface area contributed by atoms with Crippen molar-refractivity contribution in [3.8, 4) is 5.75 Å². The zero-order chi connectivity index (χ0) is 46.0. The standard InChI is InChI=1S/C13H17NO4.2C11H15NO2.C10H13NO2.CH4/c1-8(15)9-6-10(13(2,3)4)11(14(16)17)7-12(9)18-5;2*1-8-5-6-9(11(2,3)4)10(7-8)12(13)14;1-10(2,3)8-6-4-5-7-9(8)11(12)13;/h6-7H,1-5H3;2*5-7H,1-4H3;4-7H,1-3H3;1H4. The van der Waals surface area contributed by atoms with E-state index in [4.69, 9.17) is 4.74 Å². The second-order valence-electron chi connectivity index (χ2n) is 18.2. The molecule has 14 heteroatoms. The molecule has 0 saturated carbocycles. The Morgan fingerprint density at radius 3 is 1.08 bits per heavy atom. The Labute approximate surface area is 355 Å². The first kappa shape index (κ1) is 53.9. The molecule has 14 nitrogen and oxygen atoms in total. The van der Waals surface area contributed by atoms with Crippen LogP contribution < -0.4 is 4.74 Å². The minimum atomic E-state index is -0.451. The molecule has 328 valence electrons. The van der Waals surface area contributed by atoms with Crippen LogP contribution in [0.4, 0.5) is 22.7 Å². The number of ketones is 1. The smallest absolute Gasteiger partial charge is 0.276 e. The van der Waals surface area contributed by atoms with Crippen molar-refractivity contribution in [2.24, 2.45) is 0 Å². The summed E-state index contributed by atoms with van der Waals surface area (Å²) in [4.78, 5) is 53.5. The van der Waals surface area contributed by atoms with E-state index in [1.807, 2.05) is 127 Å². The average molecular weight is 833 g/mol. The summed E-state index contributed by atoms with van der Waals surface area (Å²) in [7, 11) is 1.39. The number of methoxy groups -OCH3 is 1. The van der Waals surface area contributed by atoms with Crippen LogP contribution in [0.25, 0.3) is 0 Å². The van der Waals surface area contributed by atoms with Gasteiger partial charge in [0.25, 0.3) is 22.7 Å². The lowest BCUT2D eigenvalue weighted by Gasteiger charge is -2.20. The van der Waals surface area contributed by atoms with Crippen LogP contribution in [-0.2, 0) is 21.7 Å². The summed E-state index contributed by atoms with van der Waals surface area (Å²) in [6.45, 7) is 28.5. The number of hydrogen-bond acceptors (Lipinski definition) is 10. The number of carbonyl (C=O) groups excluding carboxylic acids is 1. The van der Waals surface area contributed by atoms with Crippen molar-refractivity contribution in [3.05, 3.63) is 152 Å². The number of nitro benzene ring substituents is 4. The van der Waals surface area contributed by atoms with Gasteiger partial charge in [-0.15, -0.1) is 0 Å². The molecule has 0 aliphatic rings. The largest absolute Gasteiger partial charge is 0.496 e. The molecule has 0 aliphatic carbocycles. The Kier molecular flexibility index (Phi) is 19.1. The number of carbonyl (C=O) groups is 1. The van der Waals surface area contributed by atoms with Gasteiger partial charge in [0.15, 0.2) is 5.78 Å². The lowest BCUT2D eigenvalue weighted by atomic mass is 9.84. The second kappa shape index (κ2) is 21.3. The van der Waals surface area contributed by atoms with Gasteiger partial charge in [-0.3, -0.25) is 45.3 Å². The van der Waals surface area contributed by atoms with Crippen LogP contribution >= 0.6 is 0 Å². The highest BCUT2D eigenvalue weighted by atomic mass is 16.6. The van der Waals surface area contributed by atoms with E-state index in [1.165, 1.54) is 20.1 Å². The van der Waals surface area contributed by atoms with Gasteiger partial charge >= 0.3 is 0 Å². The zero-order valence-corrected chi connectivity index (χ0v) is 37.3. The van der Waals surface area contributed by atoms with Crippen LogP contribution in [0, 0.1) is 54.3 Å². The molecular weight excluding hydrogens is 769 g/mol. The number of hydrogen-bond donors (Lipinski definition) is 0. The van der Waals surface area contributed by atoms with Crippen LogP contribution in [-0.4, -0.2) is 32.6 Å². The Hall–Kier alpha value is -6.05. The van der Waals surface area contributed by atoms with Crippen molar-refractivity contribution < 1.29 is 29.2 Å². The summed E-state index contributed by atoms with van der Waals surface area (Å²) in [5.74, 6) is 0.0643. The summed E-state index contributed by atoms with van der Waals surface area (Å²) < 4.78 is 5.04.